The molecule has 1 amide bonds. The number of carbonyl (C=O) groups excluding carboxylic acids is 1. The molecule has 0 aromatic heterocycles. The Balaban J connectivity index is 1.78. The molecule has 1 heterocycles. The number of sulfonamides is 1. The van der Waals surface area contributed by atoms with Crippen LogP contribution in [-0.2, 0) is 34.3 Å². The normalized spacial score (nSPS) is 14.6. The summed E-state index contributed by atoms with van der Waals surface area (Å²) in [7, 11) is -3.86. The van der Waals surface area contributed by atoms with Crippen molar-refractivity contribution in [3.63, 3.8) is 0 Å². The monoisotopic (exact) mass is 426 g/mol. The van der Waals surface area contributed by atoms with Crippen LogP contribution in [0.3, 0.4) is 0 Å². The number of rotatable bonds is 4. The number of benzene rings is 2. The van der Waals surface area contributed by atoms with Gasteiger partial charge in [-0.3, -0.25) is 4.79 Å². The Morgan fingerprint density at radius 1 is 1.07 bits per heavy atom. The number of fused-ring (bicyclic) bond motifs is 1. The van der Waals surface area contributed by atoms with Crippen LogP contribution in [0.25, 0.3) is 0 Å². The topological polar surface area (TPSA) is 66.5 Å². The third-order valence-corrected chi connectivity index (χ3v) is 6.18. The van der Waals surface area contributed by atoms with Crippen LogP contribution in [0, 0.1) is 13.8 Å². The highest BCUT2D eigenvalue weighted by molar-refractivity contribution is 7.89. The number of hydrogen-bond donors (Lipinski definition) is 1. The van der Waals surface area contributed by atoms with Gasteiger partial charge < -0.3 is 4.90 Å². The standard InChI is InChI=1S/C20H21F3N2O3S/c1-13-7-14(2)9-15(8-13)11-24-29(27,28)18-4-3-16-5-6-25(12-17(16)10-18)19(26)20(21,22)23/h3-4,7-10,24H,5-6,11-12H2,1-2H3. The van der Waals surface area contributed by atoms with Crippen LogP contribution >= 0.6 is 0 Å². The van der Waals surface area contributed by atoms with Crippen molar-refractivity contribution in [1.82, 2.24) is 9.62 Å². The number of halogens is 3. The number of amides is 1. The first-order valence-corrected chi connectivity index (χ1v) is 10.5. The maximum Gasteiger partial charge on any atom is 0.471 e. The predicted octanol–water partition coefficient (Wildman–Crippen LogP) is 3.23. The fraction of sp³-hybridized carbons (Fsp3) is 0.350. The molecule has 0 saturated carbocycles. The molecule has 0 fully saturated rings. The van der Waals surface area contributed by atoms with E-state index in [-0.39, 0.29) is 31.0 Å². The Hall–Kier alpha value is -2.39. The average molecular weight is 426 g/mol. The van der Waals surface area contributed by atoms with Crippen molar-refractivity contribution >= 4 is 15.9 Å². The molecular formula is C20H21F3N2O3S. The zero-order valence-corrected chi connectivity index (χ0v) is 16.8. The van der Waals surface area contributed by atoms with Gasteiger partial charge in [0.25, 0.3) is 0 Å². The Kier molecular flexibility index (Phi) is 5.73. The van der Waals surface area contributed by atoms with Crippen LogP contribution in [0.15, 0.2) is 41.3 Å². The minimum absolute atomic E-state index is 0.0399. The van der Waals surface area contributed by atoms with Gasteiger partial charge in [-0.15, -0.1) is 0 Å². The van der Waals surface area contributed by atoms with Crippen LogP contribution in [0.1, 0.15) is 27.8 Å². The molecule has 0 bridgehead atoms. The summed E-state index contributed by atoms with van der Waals surface area (Å²) in [4.78, 5) is 12.2. The van der Waals surface area contributed by atoms with Gasteiger partial charge in [0, 0.05) is 19.6 Å². The van der Waals surface area contributed by atoms with Gasteiger partial charge in [0.05, 0.1) is 4.90 Å². The second-order valence-corrected chi connectivity index (χ2v) is 8.99. The van der Waals surface area contributed by atoms with Crippen LogP contribution in [0.4, 0.5) is 13.2 Å². The lowest BCUT2D eigenvalue weighted by Gasteiger charge is -2.29. The molecule has 0 aliphatic carbocycles. The summed E-state index contributed by atoms with van der Waals surface area (Å²) in [5, 5.41) is 0. The minimum Gasteiger partial charge on any atom is -0.330 e. The Morgan fingerprint density at radius 2 is 1.72 bits per heavy atom. The van der Waals surface area contributed by atoms with Gasteiger partial charge in [0.1, 0.15) is 0 Å². The van der Waals surface area contributed by atoms with Crippen molar-refractivity contribution < 1.29 is 26.4 Å². The Labute approximate surface area is 167 Å². The summed E-state index contributed by atoms with van der Waals surface area (Å²) in [5.74, 6) is -1.91. The summed E-state index contributed by atoms with van der Waals surface area (Å²) in [6, 6.07) is 10.1. The molecule has 9 heteroatoms. The number of hydrogen-bond acceptors (Lipinski definition) is 3. The molecule has 29 heavy (non-hydrogen) atoms. The van der Waals surface area contributed by atoms with E-state index in [1.807, 2.05) is 32.0 Å². The van der Waals surface area contributed by atoms with Crippen molar-refractivity contribution in [3.8, 4) is 0 Å². The SMILES string of the molecule is Cc1cc(C)cc(CNS(=O)(=O)c2ccc3c(c2)CN(C(=O)C(F)(F)F)CC3)c1. The molecule has 0 saturated heterocycles. The van der Waals surface area contributed by atoms with Gasteiger partial charge in [-0.1, -0.05) is 35.4 Å². The average Bonchev–Trinajstić information content (AvgIpc) is 2.63. The summed E-state index contributed by atoms with van der Waals surface area (Å²) < 4.78 is 65.9. The zero-order chi connectivity index (χ0) is 21.4. The van der Waals surface area contributed by atoms with Gasteiger partial charge in [-0.2, -0.15) is 13.2 Å². The molecule has 1 aliphatic heterocycles. The number of nitrogens with one attached hydrogen (secondary N) is 1. The molecular weight excluding hydrogens is 405 g/mol. The Bertz CT molecular complexity index is 1030. The lowest BCUT2D eigenvalue weighted by atomic mass is 10.00. The van der Waals surface area contributed by atoms with Crippen LogP contribution in [-0.4, -0.2) is 31.9 Å². The second kappa shape index (κ2) is 7.79. The van der Waals surface area contributed by atoms with Gasteiger partial charge in [0.15, 0.2) is 0 Å². The maximum absolute atomic E-state index is 12.7. The molecule has 0 unspecified atom stereocenters. The molecule has 1 N–H and O–H groups in total. The smallest absolute Gasteiger partial charge is 0.330 e. The number of aryl methyl sites for hydroxylation is 2. The molecule has 0 spiro atoms. The molecule has 2 aromatic carbocycles. The number of nitrogens with zero attached hydrogens (tertiary/aromatic N) is 1. The summed E-state index contributed by atoms with van der Waals surface area (Å²) in [6.45, 7) is 3.61. The van der Waals surface area contributed by atoms with Gasteiger partial charge in [0.2, 0.25) is 10.0 Å². The number of carbonyl (C=O) groups is 1. The van der Waals surface area contributed by atoms with E-state index in [1.165, 1.54) is 12.1 Å². The fourth-order valence-corrected chi connectivity index (χ4v) is 4.55. The lowest BCUT2D eigenvalue weighted by Crippen LogP contribution is -2.43. The predicted molar refractivity (Wildman–Crippen MR) is 102 cm³/mol. The van der Waals surface area contributed by atoms with Crippen LogP contribution < -0.4 is 4.72 Å². The van der Waals surface area contributed by atoms with E-state index in [4.69, 9.17) is 0 Å². The second-order valence-electron chi connectivity index (χ2n) is 7.23. The third-order valence-electron chi connectivity index (χ3n) is 4.78. The minimum atomic E-state index is -4.95. The summed E-state index contributed by atoms with van der Waals surface area (Å²) in [5.41, 5.74) is 3.99. The van der Waals surface area contributed by atoms with Crippen molar-refractivity contribution in [2.24, 2.45) is 0 Å². The van der Waals surface area contributed by atoms with Gasteiger partial charge >= 0.3 is 12.1 Å². The molecule has 5 nitrogen and oxygen atoms in total. The van der Waals surface area contributed by atoms with Crippen molar-refractivity contribution in [3.05, 3.63) is 64.2 Å². The van der Waals surface area contributed by atoms with E-state index in [9.17, 15) is 26.4 Å². The Morgan fingerprint density at radius 3 is 2.34 bits per heavy atom. The highest BCUT2D eigenvalue weighted by Gasteiger charge is 2.43. The van der Waals surface area contributed by atoms with E-state index in [1.54, 1.807) is 6.07 Å². The van der Waals surface area contributed by atoms with Crippen molar-refractivity contribution in [1.29, 1.82) is 0 Å². The molecule has 156 valence electrons. The van der Waals surface area contributed by atoms with E-state index < -0.39 is 22.1 Å². The summed E-state index contributed by atoms with van der Waals surface area (Å²) >= 11 is 0. The highest BCUT2D eigenvalue weighted by atomic mass is 32.2. The van der Waals surface area contributed by atoms with E-state index in [0.717, 1.165) is 22.3 Å². The highest BCUT2D eigenvalue weighted by Crippen LogP contribution is 2.26. The first-order valence-electron chi connectivity index (χ1n) is 9.00. The maximum atomic E-state index is 12.7. The quantitative estimate of drug-likeness (QED) is 0.816. The van der Waals surface area contributed by atoms with Crippen LogP contribution in [0.5, 0.6) is 0 Å². The van der Waals surface area contributed by atoms with E-state index in [2.05, 4.69) is 4.72 Å². The first-order chi connectivity index (χ1) is 13.5. The van der Waals surface area contributed by atoms with Gasteiger partial charge in [-0.25, -0.2) is 13.1 Å². The summed E-state index contributed by atoms with van der Waals surface area (Å²) in [6.07, 6.45) is -4.71. The molecule has 0 radical (unpaired) electrons. The zero-order valence-electron chi connectivity index (χ0n) is 16.0. The first kappa shape index (κ1) is 21.3. The third kappa shape index (κ3) is 4.97. The molecule has 2 aromatic rings. The number of alkyl halides is 3. The molecule has 0 atom stereocenters. The molecule has 1 aliphatic rings. The van der Waals surface area contributed by atoms with Gasteiger partial charge in [-0.05, 0) is 49.1 Å². The van der Waals surface area contributed by atoms with E-state index in [0.29, 0.717) is 10.5 Å². The van der Waals surface area contributed by atoms with E-state index >= 15 is 0 Å². The molecule has 3 rings (SSSR count). The largest absolute Gasteiger partial charge is 0.471 e. The van der Waals surface area contributed by atoms with Crippen molar-refractivity contribution in [2.45, 2.75) is 44.4 Å². The lowest BCUT2D eigenvalue weighted by molar-refractivity contribution is -0.186. The van der Waals surface area contributed by atoms with Crippen molar-refractivity contribution in [2.75, 3.05) is 6.54 Å². The fourth-order valence-electron chi connectivity index (χ4n) is 3.49. The van der Waals surface area contributed by atoms with Crippen LogP contribution in [0.2, 0.25) is 0 Å².